The van der Waals surface area contributed by atoms with Crippen molar-refractivity contribution in [3.8, 4) is 0 Å². The van der Waals surface area contributed by atoms with Gasteiger partial charge in [0, 0.05) is 36.9 Å². The Balaban J connectivity index is 2.29. The molecule has 6 nitrogen and oxygen atoms in total. The van der Waals surface area contributed by atoms with Gasteiger partial charge in [-0.15, -0.1) is 0 Å². The van der Waals surface area contributed by atoms with Gasteiger partial charge in [0.2, 0.25) is 5.91 Å². The van der Waals surface area contributed by atoms with Gasteiger partial charge in [-0.1, -0.05) is 22.6 Å². The molecule has 0 aliphatic carbocycles. The predicted molar refractivity (Wildman–Crippen MR) is 100 cm³/mol. The number of nitrogens with zero attached hydrogens (tertiary/aromatic N) is 1. The highest BCUT2D eigenvalue weighted by Gasteiger charge is 2.13. The van der Waals surface area contributed by atoms with Gasteiger partial charge in [-0.3, -0.25) is 14.4 Å². The molecule has 2 aromatic rings. The van der Waals surface area contributed by atoms with E-state index < -0.39 is 17.2 Å². The van der Waals surface area contributed by atoms with E-state index in [0.29, 0.717) is 4.55 Å². The summed E-state index contributed by atoms with van der Waals surface area (Å²) in [5.74, 6) is -2.13. The van der Waals surface area contributed by atoms with Crippen molar-refractivity contribution in [2.24, 2.45) is 0 Å². The minimum atomic E-state index is -0.708. The zero-order valence-corrected chi connectivity index (χ0v) is 16.0. The van der Waals surface area contributed by atoms with E-state index >= 15 is 0 Å². The number of pyridine rings is 1. The number of benzene rings is 1. The zero-order valence-electron chi connectivity index (χ0n) is 13.8. The summed E-state index contributed by atoms with van der Waals surface area (Å²) in [4.78, 5) is 34.7. The second-order valence-corrected chi connectivity index (χ2v) is 6.23. The average molecular weight is 475 g/mol. The monoisotopic (exact) mass is 475 g/mol. The molecule has 0 aliphatic rings. The van der Waals surface area contributed by atoms with Gasteiger partial charge in [0.1, 0.15) is 11.6 Å². The fraction of sp³-hybridized carbons (Fsp3) is 0.235. The maximum atomic E-state index is 14.3. The SMILES string of the molecule is CC(=O)NCc1cc(F)c(Cn2cc(C(=O)NCI)ccc2=O)cc1F. The second kappa shape index (κ2) is 8.88. The van der Waals surface area contributed by atoms with Crippen LogP contribution in [0.4, 0.5) is 8.78 Å². The third kappa shape index (κ3) is 5.10. The van der Waals surface area contributed by atoms with Crippen molar-refractivity contribution >= 4 is 34.4 Å². The second-order valence-electron chi connectivity index (χ2n) is 5.47. The first kappa shape index (κ1) is 20.0. The Morgan fingerprint density at radius 1 is 1.12 bits per heavy atom. The van der Waals surface area contributed by atoms with Crippen LogP contribution in [0.1, 0.15) is 28.4 Å². The molecule has 0 fully saturated rings. The fourth-order valence-electron chi connectivity index (χ4n) is 2.24. The molecule has 9 heteroatoms. The molecule has 0 aliphatic heterocycles. The summed E-state index contributed by atoms with van der Waals surface area (Å²) >= 11 is 1.97. The molecule has 0 saturated carbocycles. The Kier molecular flexibility index (Phi) is 6.83. The quantitative estimate of drug-likeness (QED) is 0.381. The lowest BCUT2D eigenvalue weighted by molar-refractivity contribution is -0.119. The molecule has 26 heavy (non-hydrogen) atoms. The van der Waals surface area contributed by atoms with Crippen molar-refractivity contribution in [2.45, 2.75) is 20.0 Å². The van der Waals surface area contributed by atoms with E-state index in [9.17, 15) is 23.2 Å². The molecule has 1 aromatic heterocycles. The fourth-order valence-corrected chi connectivity index (χ4v) is 2.59. The molecule has 0 atom stereocenters. The summed E-state index contributed by atoms with van der Waals surface area (Å²) in [6.07, 6.45) is 1.30. The van der Waals surface area contributed by atoms with Crippen LogP contribution in [0.5, 0.6) is 0 Å². The maximum Gasteiger partial charge on any atom is 0.253 e. The maximum absolute atomic E-state index is 14.3. The molecule has 138 valence electrons. The van der Waals surface area contributed by atoms with Gasteiger partial charge >= 0.3 is 0 Å². The van der Waals surface area contributed by atoms with Crippen LogP contribution in [0.25, 0.3) is 0 Å². The summed E-state index contributed by atoms with van der Waals surface area (Å²) in [6, 6.07) is 4.53. The Morgan fingerprint density at radius 3 is 2.42 bits per heavy atom. The van der Waals surface area contributed by atoms with Crippen LogP contribution in [0.15, 0.2) is 35.3 Å². The van der Waals surface area contributed by atoms with Crippen LogP contribution in [0.2, 0.25) is 0 Å². The number of halogens is 3. The smallest absolute Gasteiger partial charge is 0.253 e. The van der Waals surface area contributed by atoms with Gasteiger partial charge in [-0.2, -0.15) is 0 Å². The minimum Gasteiger partial charge on any atom is -0.352 e. The third-order valence-corrected chi connectivity index (χ3v) is 3.94. The van der Waals surface area contributed by atoms with E-state index in [0.717, 1.165) is 16.7 Å². The summed E-state index contributed by atoms with van der Waals surface area (Å²) in [5, 5.41) is 4.98. The van der Waals surface area contributed by atoms with E-state index in [1.807, 2.05) is 22.6 Å². The molecule has 0 spiro atoms. The molecule has 0 bridgehead atoms. The van der Waals surface area contributed by atoms with E-state index in [1.165, 1.54) is 25.3 Å². The number of carbonyl (C=O) groups is 2. The first-order valence-corrected chi connectivity index (χ1v) is 9.10. The number of hydrogen-bond acceptors (Lipinski definition) is 3. The van der Waals surface area contributed by atoms with Crippen LogP contribution in [0.3, 0.4) is 0 Å². The topological polar surface area (TPSA) is 80.2 Å². The van der Waals surface area contributed by atoms with Gasteiger partial charge in [-0.25, -0.2) is 8.78 Å². The zero-order chi connectivity index (χ0) is 19.3. The van der Waals surface area contributed by atoms with Gasteiger partial charge in [0.25, 0.3) is 11.5 Å². The minimum absolute atomic E-state index is 0.00368. The Hall–Kier alpha value is -2.30. The van der Waals surface area contributed by atoms with Gasteiger partial charge in [0.15, 0.2) is 0 Å². The Morgan fingerprint density at radius 2 is 1.77 bits per heavy atom. The highest BCUT2D eigenvalue weighted by molar-refractivity contribution is 14.1. The van der Waals surface area contributed by atoms with E-state index in [1.54, 1.807) is 0 Å². The lowest BCUT2D eigenvalue weighted by Crippen LogP contribution is -2.26. The van der Waals surface area contributed by atoms with Crippen LogP contribution in [0, 0.1) is 11.6 Å². The van der Waals surface area contributed by atoms with E-state index in [4.69, 9.17) is 0 Å². The van der Waals surface area contributed by atoms with Crippen LogP contribution in [-0.4, -0.2) is 20.9 Å². The molecule has 1 heterocycles. The molecule has 2 amide bonds. The number of carbonyl (C=O) groups excluding carboxylic acids is 2. The number of amides is 2. The number of aromatic nitrogens is 1. The highest BCUT2D eigenvalue weighted by atomic mass is 127. The van der Waals surface area contributed by atoms with Crippen molar-refractivity contribution in [3.63, 3.8) is 0 Å². The normalized spacial score (nSPS) is 10.5. The standard InChI is InChI=1S/C17H16F2IN3O3/c1-10(24)21-6-12-4-15(19)13(5-14(12)18)8-23-7-11(2-3-16(23)25)17(26)22-9-20/h2-5,7H,6,8-9H2,1H3,(H,21,24)(H,22,26). The lowest BCUT2D eigenvalue weighted by atomic mass is 10.1. The summed E-state index contributed by atoms with van der Waals surface area (Å²) < 4.78 is 29.9. The summed E-state index contributed by atoms with van der Waals surface area (Å²) in [5.41, 5.74) is -0.242. The third-order valence-electron chi connectivity index (χ3n) is 3.56. The number of hydrogen-bond donors (Lipinski definition) is 2. The molecular weight excluding hydrogens is 459 g/mol. The number of rotatable bonds is 6. The van der Waals surface area contributed by atoms with Crippen molar-refractivity contribution in [2.75, 3.05) is 4.55 Å². The van der Waals surface area contributed by atoms with E-state index in [-0.39, 0.29) is 41.6 Å². The molecule has 2 N–H and O–H groups in total. The number of alkyl halides is 1. The van der Waals surface area contributed by atoms with Crippen LogP contribution >= 0.6 is 22.6 Å². The van der Waals surface area contributed by atoms with Crippen LogP contribution < -0.4 is 16.2 Å². The van der Waals surface area contributed by atoms with Crippen LogP contribution in [-0.2, 0) is 17.9 Å². The predicted octanol–water partition coefficient (Wildman–Crippen LogP) is 1.93. The molecular formula is C17H16F2IN3O3. The molecule has 0 unspecified atom stereocenters. The highest BCUT2D eigenvalue weighted by Crippen LogP contribution is 2.16. The first-order chi connectivity index (χ1) is 12.3. The van der Waals surface area contributed by atoms with E-state index in [2.05, 4.69) is 10.6 Å². The largest absolute Gasteiger partial charge is 0.352 e. The molecule has 2 rings (SSSR count). The average Bonchev–Trinajstić information content (AvgIpc) is 2.58. The molecule has 0 saturated heterocycles. The Labute approximate surface area is 161 Å². The lowest BCUT2D eigenvalue weighted by Gasteiger charge is -2.11. The molecule has 1 aromatic carbocycles. The van der Waals surface area contributed by atoms with Gasteiger partial charge < -0.3 is 15.2 Å². The van der Waals surface area contributed by atoms with Crippen molar-refractivity contribution < 1.29 is 18.4 Å². The van der Waals surface area contributed by atoms with Crippen molar-refractivity contribution in [3.05, 3.63) is 69.1 Å². The van der Waals surface area contributed by atoms with Gasteiger partial charge in [-0.05, 0) is 18.2 Å². The number of nitrogens with one attached hydrogen (secondary N) is 2. The summed E-state index contributed by atoms with van der Waals surface area (Å²) in [6.45, 7) is 0.911. The first-order valence-electron chi connectivity index (χ1n) is 7.57. The summed E-state index contributed by atoms with van der Waals surface area (Å²) in [7, 11) is 0. The Bertz CT molecular complexity index is 899. The molecule has 0 radical (unpaired) electrons. The van der Waals surface area contributed by atoms with Crippen molar-refractivity contribution in [1.29, 1.82) is 0 Å². The van der Waals surface area contributed by atoms with Gasteiger partial charge in [0.05, 0.1) is 16.7 Å². The van der Waals surface area contributed by atoms with Crippen molar-refractivity contribution in [1.82, 2.24) is 15.2 Å².